The Morgan fingerprint density at radius 1 is 1.33 bits per heavy atom. The van der Waals surface area contributed by atoms with Crippen molar-refractivity contribution in [2.24, 2.45) is 4.99 Å². The molecular weight excluding hydrogens is 459 g/mol. The third kappa shape index (κ3) is 8.08. The van der Waals surface area contributed by atoms with Crippen molar-refractivity contribution in [1.29, 1.82) is 0 Å². The van der Waals surface area contributed by atoms with E-state index in [1.165, 1.54) is 12.8 Å². The molecule has 1 aliphatic rings. The lowest BCUT2D eigenvalue weighted by Gasteiger charge is -2.20. The predicted octanol–water partition coefficient (Wildman–Crippen LogP) is 2.42. The maximum atomic E-state index is 12.0. The fourth-order valence-corrected chi connectivity index (χ4v) is 3.04. The summed E-state index contributed by atoms with van der Waals surface area (Å²) in [6.45, 7) is 6.83. The SMILES string of the molecule is CCNC(=NCC(C)(O)c1ccc(C)o1)NCCC(=O)NC1CCCC1.I. The molecule has 1 fully saturated rings. The monoisotopic (exact) mass is 492 g/mol. The molecule has 8 heteroatoms. The normalized spacial score (nSPS) is 17.1. The molecule has 1 aromatic heterocycles. The van der Waals surface area contributed by atoms with Crippen LogP contribution in [-0.4, -0.2) is 42.6 Å². The Morgan fingerprint density at radius 2 is 2.04 bits per heavy atom. The molecule has 27 heavy (non-hydrogen) atoms. The van der Waals surface area contributed by atoms with Crippen molar-refractivity contribution in [1.82, 2.24) is 16.0 Å². The van der Waals surface area contributed by atoms with Crippen LogP contribution in [0.3, 0.4) is 0 Å². The van der Waals surface area contributed by atoms with Gasteiger partial charge in [-0.15, -0.1) is 24.0 Å². The van der Waals surface area contributed by atoms with Gasteiger partial charge in [0.05, 0.1) is 6.54 Å². The molecule has 4 N–H and O–H groups in total. The van der Waals surface area contributed by atoms with Crippen LogP contribution in [0, 0.1) is 6.92 Å². The highest BCUT2D eigenvalue weighted by Gasteiger charge is 2.26. The molecule has 0 bridgehead atoms. The number of aryl methyl sites for hydroxylation is 1. The van der Waals surface area contributed by atoms with Crippen molar-refractivity contribution < 1.29 is 14.3 Å². The van der Waals surface area contributed by atoms with Gasteiger partial charge in [0.15, 0.2) is 5.96 Å². The molecule has 7 nitrogen and oxygen atoms in total. The van der Waals surface area contributed by atoms with Crippen LogP contribution < -0.4 is 16.0 Å². The first-order valence-electron chi connectivity index (χ1n) is 9.51. The number of nitrogens with zero attached hydrogens (tertiary/aromatic N) is 1. The summed E-state index contributed by atoms with van der Waals surface area (Å²) in [6, 6.07) is 3.93. The zero-order valence-electron chi connectivity index (χ0n) is 16.5. The van der Waals surface area contributed by atoms with Crippen LogP contribution in [0.4, 0.5) is 0 Å². The zero-order chi connectivity index (χ0) is 19.0. The molecule has 2 rings (SSSR count). The summed E-state index contributed by atoms with van der Waals surface area (Å²) in [5.74, 6) is 1.89. The molecular formula is C19H33IN4O3. The van der Waals surface area contributed by atoms with Gasteiger partial charge in [-0.2, -0.15) is 0 Å². The van der Waals surface area contributed by atoms with Crippen LogP contribution in [0.5, 0.6) is 0 Å². The summed E-state index contributed by atoms with van der Waals surface area (Å²) < 4.78 is 5.50. The minimum atomic E-state index is -1.18. The number of hydrogen-bond acceptors (Lipinski definition) is 4. The van der Waals surface area contributed by atoms with E-state index in [0.717, 1.165) is 18.6 Å². The molecule has 154 valence electrons. The molecule has 0 aliphatic heterocycles. The van der Waals surface area contributed by atoms with Crippen molar-refractivity contribution in [2.45, 2.75) is 64.5 Å². The number of amides is 1. The zero-order valence-corrected chi connectivity index (χ0v) is 18.8. The van der Waals surface area contributed by atoms with E-state index in [1.54, 1.807) is 13.0 Å². The lowest BCUT2D eigenvalue weighted by atomic mass is 10.0. The van der Waals surface area contributed by atoms with Gasteiger partial charge in [0.2, 0.25) is 5.91 Å². The number of nitrogens with one attached hydrogen (secondary N) is 3. The highest BCUT2D eigenvalue weighted by Crippen LogP contribution is 2.23. The van der Waals surface area contributed by atoms with E-state index >= 15 is 0 Å². The summed E-state index contributed by atoms with van der Waals surface area (Å²) >= 11 is 0. The summed E-state index contributed by atoms with van der Waals surface area (Å²) in [7, 11) is 0. The molecule has 1 saturated carbocycles. The molecule has 1 heterocycles. The van der Waals surface area contributed by atoms with Crippen LogP contribution in [0.1, 0.15) is 57.5 Å². The Kier molecular flexibility index (Phi) is 10.1. The van der Waals surface area contributed by atoms with E-state index in [1.807, 2.05) is 19.9 Å². The largest absolute Gasteiger partial charge is 0.463 e. The quantitative estimate of drug-likeness (QED) is 0.254. The lowest BCUT2D eigenvalue weighted by Crippen LogP contribution is -2.41. The fraction of sp³-hybridized carbons (Fsp3) is 0.684. The van der Waals surface area contributed by atoms with Crippen LogP contribution >= 0.6 is 24.0 Å². The Bertz CT molecular complexity index is 610. The number of aliphatic imine (C=N–C) groups is 1. The molecule has 1 atom stereocenters. The lowest BCUT2D eigenvalue weighted by molar-refractivity contribution is -0.121. The summed E-state index contributed by atoms with van der Waals surface area (Å²) in [5, 5.41) is 19.9. The van der Waals surface area contributed by atoms with E-state index in [2.05, 4.69) is 20.9 Å². The second kappa shape index (κ2) is 11.5. The van der Waals surface area contributed by atoms with Gasteiger partial charge in [0.25, 0.3) is 0 Å². The van der Waals surface area contributed by atoms with E-state index in [4.69, 9.17) is 4.42 Å². The van der Waals surface area contributed by atoms with Crippen molar-refractivity contribution >= 4 is 35.8 Å². The molecule has 1 amide bonds. The number of aliphatic hydroxyl groups is 1. The van der Waals surface area contributed by atoms with Gasteiger partial charge >= 0.3 is 0 Å². The third-order valence-corrected chi connectivity index (χ3v) is 4.53. The average molecular weight is 492 g/mol. The molecule has 1 aliphatic carbocycles. The molecule has 0 saturated heterocycles. The van der Waals surface area contributed by atoms with Crippen molar-refractivity contribution in [3.63, 3.8) is 0 Å². The maximum absolute atomic E-state index is 12.0. The Hall–Kier alpha value is -1.29. The van der Waals surface area contributed by atoms with Crippen LogP contribution in [0.2, 0.25) is 0 Å². The first-order valence-corrected chi connectivity index (χ1v) is 9.51. The first-order chi connectivity index (χ1) is 12.4. The maximum Gasteiger partial charge on any atom is 0.221 e. The molecule has 0 spiro atoms. The number of furan rings is 1. The minimum Gasteiger partial charge on any atom is -0.463 e. The standard InChI is InChI=1S/C19H32N4O3.HI/c1-4-20-18(21-12-11-17(24)23-15-7-5-6-8-15)22-13-19(3,25)16-10-9-14(2)26-16;/h9-10,15,25H,4-8,11-13H2,1-3H3,(H,23,24)(H2,20,21,22);1H. The number of halogens is 1. The van der Waals surface area contributed by atoms with Crippen molar-refractivity contribution in [3.05, 3.63) is 23.7 Å². The average Bonchev–Trinajstić information content (AvgIpc) is 3.24. The Morgan fingerprint density at radius 3 is 2.63 bits per heavy atom. The predicted molar refractivity (Wildman–Crippen MR) is 117 cm³/mol. The Balaban J connectivity index is 0.00000364. The van der Waals surface area contributed by atoms with Gasteiger partial charge in [-0.3, -0.25) is 4.79 Å². The topological polar surface area (TPSA) is 98.9 Å². The second-order valence-electron chi connectivity index (χ2n) is 7.10. The summed E-state index contributed by atoms with van der Waals surface area (Å²) in [5.41, 5.74) is -1.18. The van der Waals surface area contributed by atoms with Gasteiger partial charge in [0.1, 0.15) is 17.1 Å². The van der Waals surface area contributed by atoms with Crippen LogP contribution in [-0.2, 0) is 10.4 Å². The van der Waals surface area contributed by atoms with E-state index in [0.29, 0.717) is 37.3 Å². The van der Waals surface area contributed by atoms with Gasteiger partial charge in [-0.25, -0.2) is 4.99 Å². The molecule has 0 radical (unpaired) electrons. The van der Waals surface area contributed by atoms with Gasteiger partial charge in [-0.05, 0) is 45.7 Å². The number of rotatable bonds is 8. The number of carbonyl (C=O) groups excluding carboxylic acids is 1. The fourth-order valence-electron chi connectivity index (χ4n) is 3.04. The Labute approximate surface area is 178 Å². The second-order valence-corrected chi connectivity index (χ2v) is 7.10. The first kappa shape index (κ1) is 23.7. The van der Waals surface area contributed by atoms with Gasteiger partial charge in [0, 0.05) is 25.6 Å². The minimum absolute atomic E-state index is 0. The van der Waals surface area contributed by atoms with E-state index < -0.39 is 5.60 Å². The molecule has 1 unspecified atom stereocenters. The number of guanidine groups is 1. The summed E-state index contributed by atoms with van der Waals surface area (Å²) in [4.78, 5) is 16.4. The van der Waals surface area contributed by atoms with Crippen LogP contribution in [0.25, 0.3) is 0 Å². The van der Waals surface area contributed by atoms with Crippen LogP contribution in [0.15, 0.2) is 21.5 Å². The highest BCUT2D eigenvalue weighted by molar-refractivity contribution is 14.0. The van der Waals surface area contributed by atoms with E-state index in [9.17, 15) is 9.90 Å². The third-order valence-electron chi connectivity index (χ3n) is 4.53. The molecule has 0 aromatic carbocycles. The van der Waals surface area contributed by atoms with Gasteiger partial charge < -0.3 is 25.5 Å². The van der Waals surface area contributed by atoms with Crippen molar-refractivity contribution in [3.8, 4) is 0 Å². The van der Waals surface area contributed by atoms with E-state index in [-0.39, 0.29) is 36.4 Å². The van der Waals surface area contributed by atoms with Crippen molar-refractivity contribution in [2.75, 3.05) is 19.6 Å². The summed E-state index contributed by atoms with van der Waals surface area (Å²) in [6.07, 6.45) is 4.98. The number of carbonyl (C=O) groups is 1. The van der Waals surface area contributed by atoms with Gasteiger partial charge in [-0.1, -0.05) is 12.8 Å². The number of hydrogen-bond donors (Lipinski definition) is 4. The smallest absolute Gasteiger partial charge is 0.221 e. The molecule has 1 aromatic rings. The highest BCUT2D eigenvalue weighted by atomic mass is 127.